The standard InChI is InChI=1S/C25H25FN8/c26-19-5-4-15(12-16(19)13-27)17-2-1-3-20-21(17)33-24(32-20)25(28)7-10-34(11-8-25)23-18-6-9-29-22(18)30-14-31-23/h1-6,9,12,14H,7-8,10-11,13,27-28H2,(H,32,33)(H,29,30,31). The molecular formula is C25H25FN8. The second-order valence-electron chi connectivity index (χ2n) is 8.88. The number of hydrogen-bond acceptors (Lipinski definition) is 6. The summed E-state index contributed by atoms with van der Waals surface area (Å²) in [6, 6.07) is 13.0. The number of aromatic nitrogens is 5. The molecule has 34 heavy (non-hydrogen) atoms. The molecule has 4 heterocycles. The number of H-pyrrole nitrogens is 2. The fourth-order valence-electron chi connectivity index (χ4n) is 4.86. The van der Waals surface area contributed by atoms with Crippen LogP contribution in [0.5, 0.6) is 0 Å². The molecule has 0 unspecified atom stereocenters. The molecule has 0 radical (unpaired) electrons. The number of nitrogens with zero attached hydrogens (tertiary/aromatic N) is 4. The molecule has 5 aromatic rings. The van der Waals surface area contributed by atoms with E-state index < -0.39 is 5.54 Å². The van der Waals surface area contributed by atoms with Gasteiger partial charge in [-0.25, -0.2) is 19.3 Å². The molecule has 8 nitrogen and oxygen atoms in total. The van der Waals surface area contributed by atoms with Crippen molar-refractivity contribution in [2.24, 2.45) is 11.5 Å². The molecule has 0 amide bonds. The third kappa shape index (κ3) is 3.32. The molecule has 1 fully saturated rings. The summed E-state index contributed by atoms with van der Waals surface area (Å²) in [5.74, 6) is 1.40. The number of anilines is 1. The second-order valence-corrected chi connectivity index (χ2v) is 8.88. The van der Waals surface area contributed by atoms with Crippen LogP contribution in [0.15, 0.2) is 55.0 Å². The molecule has 1 aliphatic rings. The predicted molar refractivity (Wildman–Crippen MR) is 131 cm³/mol. The zero-order chi connectivity index (χ0) is 23.3. The Morgan fingerprint density at radius 3 is 2.76 bits per heavy atom. The van der Waals surface area contributed by atoms with Gasteiger partial charge < -0.3 is 26.3 Å². The zero-order valence-corrected chi connectivity index (χ0v) is 18.6. The lowest BCUT2D eigenvalue weighted by molar-refractivity contribution is 0.327. The van der Waals surface area contributed by atoms with Gasteiger partial charge in [-0.05, 0) is 42.7 Å². The van der Waals surface area contributed by atoms with E-state index in [0.717, 1.165) is 70.8 Å². The molecule has 6 rings (SSSR count). The number of halogens is 1. The van der Waals surface area contributed by atoms with Crippen molar-refractivity contribution in [3.63, 3.8) is 0 Å². The number of fused-ring (bicyclic) bond motifs is 2. The summed E-state index contributed by atoms with van der Waals surface area (Å²) in [4.78, 5) is 22.6. The van der Waals surface area contributed by atoms with Crippen LogP contribution in [0.25, 0.3) is 33.2 Å². The van der Waals surface area contributed by atoms with Gasteiger partial charge in [0, 0.05) is 37.0 Å². The topological polar surface area (TPSA) is 126 Å². The Morgan fingerprint density at radius 2 is 1.94 bits per heavy atom. The fraction of sp³-hybridized carbons (Fsp3) is 0.240. The highest BCUT2D eigenvalue weighted by Gasteiger charge is 2.36. The molecule has 3 aromatic heterocycles. The number of benzene rings is 2. The van der Waals surface area contributed by atoms with E-state index in [1.807, 2.05) is 30.5 Å². The van der Waals surface area contributed by atoms with Crippen molar-refractivity contribution in [1.82, 2.24) is 24.9 Å². The number of nitrogens with two attached hydrogens (primary N) is 2. The lowest BCUT2D eigenvalue weighted by Gasteiger charge is -2.38. The summed E-state index contributed by atoms with van der Waals surface area (Å²) in [5, 5.41) is 1.01. The number of para-hydroxylation sites is 1. The number of nitrogens with one attached hydrogen (secondary N) is 2. The van der Waals surface area contributed by atoms with Crippen molar-refractivity contribution < 1.29 is 4.39 Å². The second kappa shape index (κ2) is 7.89. The number of rotatable bonds is 4. The predicted octanol–water partition coefficient (Wildman–Crippen LogP) is 3.55. The highest BCUT2D eigenvalue weighted by Crippen LogP contribution is 2.35. The van der Waals surface area contributed by atoms with E-state index in [2.05, 4.69) is 24.8 Å². The van der Waals surface area contributed by atoms with Gasteiger partial charge in [0.15, 0.2) is 0 Å². The first-order valence-electron chi connectivity index (χ1n) is 11.4. The Hall–Kier alpha value is -3.82. The number of piperidine rings is 1. The van der Waals surface area contributed by atoms with Crippen LogP contribution in [0, 0.1) is 5.82 Å². The number of aromatic amines is 2. The van der Waals surface area contributed by atoms with Gasteiger partial charge in [0.2, 0.25) is 0 Å². The van der Waals surface area contributed by atoms with Crippen LogP contribution in [-0.4, -0.2) is 38.0 Å². The molecule has 0 bridgehead atoms. The minimum atomic E-state index is -0.581. The molecule has 9 heteroatoms. The number of imidazole rings is 1. The molecule has 0 saturated carbocycles. The first-order valence-corrected chi connectivity index (χ1v) is 11.4. The highest BCUT2D eigenvalue weighted by atomic mass is 19.1. The summed E-state index contributed by atoms with van der Waals surface area (Å²) in [6.07, 6.45) is 4.92. The molecule has 1 aliphatic heterocycles. The van der Waals surface area contributed by atoms with Gasteiger partial charge in [0.1, 0.15) is 29.4 Å². The van der Waals surface area contributed by atoms with E-state index in [-0.39, 0.29) is 12.4 Å². The van der Waals surface area contributed by atoms with Crippen molar-refractivity contribution in [2.45, 2.75) is 24.9 Å². The SMILES string of the molecule is NCc1cc(-c2cccc3[nH]c(C4(N)CCN(c5ncnc6[nH]ccc56)CC4)nc23)ccc1F. The van der Waals surface area contributed by atoms with Crippen LogP contribution in [0.2, 0.25) is 0 Å². The molecule has 0 spiro atoms. The maximum Gasteiger partial charge on any atom is 0.142 e. The molecule has 1 saturated heterocycles. The van der Waals surface area contributed by atoms with Crippen LogP contribution in [0.3, 0.4) is 0 Å². The smallest absolute Gasteiger partial charge is 0.142 e. The van der Waals surface area contributed by atoms with Crippen molar-refractivity contribution >= 4 is 27.9 Å². The van der Waals surface area contributed by atoms with E-state index >= 15 is 0 Å². The minimum Gasteiger partial charge on any atom is -0.356 e. The van der Waals surface area contributed by atoms with Gasteiger partial charge in [0.25, 0.3) is 0 Å². The van der Waals surface area contributed by atoms with E-state index in [0.29, 0.717) is 5.56 Å². The van der Waals surface area contributed by atoms with Crippen molar-refractivity contribution in [3.05, 3.63) is 72.2 Å². The van der Waals surface area contributed by atoms with Crippen LogP contribution >= 0.6 is 0 Å². The summed E-state index contributed by atoms with van der Waals surface area (Å²) in [6.45, 7) is 1.66. The first kappa shape index (κ1) is 20.8. The third-order valence-corrected chi connectivity index (χ3v) is 6.85. The Balaban J connectivity index is 1.31. The maximum atomic E-state index is 14.0. The monoisotopic (exact) mass is 456 g/mol. The van der Waals surface area contributed by atoms with E-state index in [9.17, 15) is 4.39 Å². The van der Waals surface area contributed by atoms with Gasteiger partial charge in [-0.2, -0.15) is 0 Å². The summed E-state index contributed by atoms with van der Waals surface area (Å²) < 4.78 is 14.0. The van der Waals surface area contributed by atoms with Gasteiger partial charge >= 0.3 is 0 Å². The third-order valence-electron chi connectivity index (χ3n) is 6.85. The molecule has 172 valence electrons. The summed E-state index contributed by atoms with van der Waals surface area (Å²) in [5.41, 5.74) is 16.9. The van der Waals surface area contributed by atoms with E-state index in [4.69, 9.17) is 16.5 Å². The zero-order valence-electron chi connectivity index (χ0n) is 18.6. The molecule has 0 atom stereocenters. The fourth-order valence-corrected chi connectivity index (χ4v) is 4.86. The van der Waals surface area contributed by atoms with Gasteiger partial charge in [-0.15, -0.1) is 0 Å². The average Bonchev–Trinajstić information content (AvgIpc) is 3.52. The van der Waals surface area contributed by atoms with Gasteiger partial charge in [0.05, 0.1) is 22.0 Å². The van der Waals surface area contributed by atoms with Crippen LogP contribution < -0.4 is 16.4 Å². The summed E-state index contributed by atoms with van der Waals surface area (Å²) >= 11 is 0. The highest BCUT2D eigenvalue weighted by molar-refractivity contribution is 5.92. The molecule has 0 aliphatic carbocycles. The van der Waals surface area contributed by atoms with Crippen LogP contribution in [0.1, 0.15) is 24.2 Å². The first-order chi connectivity index (χ1) is 16.6. The van der Waals surface area contributed by atoms with Crippen LogP contribution in [-0.2, 0) is 12.1 Å². The van der Waals surface area contributed by atoms with Crippen molar-refractivity contribution in [2.75, 3.05) is 18.0 Å². The van der Waals surface area contributed by atoms with Crippen LogP contribution in [0.4, 0.5) is 10.2 Å². The van der Waals surface area contributed by atoms with Gasteiger partial charge in [-0.3, -0.25) is 0 Å². The van der Waals surface area contributed by atoms with E-state index in [1.165, 1.54) is 6.07 Å². The Bertz CT molecular complexity index is 1500. The molecular weight excluding hydrogens is 431 g/mol. The minimum absolute atomic E-state index is 0.144. The Labute approximate surface area is 195 Å². The van der Waals surface area contributed by atoms with E-state index in [1.54, 1.807) is 18.5 Å². The Kier molecular flexibility index (Phi) is 4.82. The van der Waals surface area contributed by atoms with Gasteiger partial charge in [-0.1, -0.05) is 18.2 Å². The number of hydrogen-bond donors (Lipinski definition) is 4. The Morgan fingerprint density at radius 1 is 1.09 bits per heavy atom. The lowest BCUT2D eigenvalue weighted by Crippen LogP contribution is -2.49. The average molecular weight is 457 g/mol. The van der Waals surface area contributed by atoms with Crippen molar-refractivity contribution in [1.29, 1.82) is 0 Å². The maximum absolute atomic E-state index is 14.0. The summed E-state index contributed by atoms with van der Waals surface area (Å²) in [7, 11) is 0. The largest absolute Gasteiger partial charge is 0.356 e. The normalized spacial score (nSPS) is 15.9. The quantitative estimate of drug-likeness (QED) is 0.328. The molecule has 6 N–H and O–H groups in total. The lowest BCUT2D eigenvalue weighted by atomic mass is 9.88. The van der Waals surface area contributed by atoms with Crippen molar-refractivity contribution in [3.8, 4) is 11.1 Å². The molecule has 2 aromatic carbocycles.